The summed E-state index contributed by atoms with van der Waals surface area (Å²) in [4.78, 5) is 28.4. The molecule has 10 heteroatoms. The highest BCUT2D eigenvalue weighted by Crippen LogP contribution is 2.47. The molecule has 3 saturated heterocycles. The molecule has 0 aliphatic carbocycles. The number of nitrogens with zero attached hydrogens (tertiary/aromatic N) is 2. The molecule has 4 rings (SSSR count). The van der Waals surface area contributed by atoms with Crippen molar-refractivity contribution >= 4 is 35.0 Å². The van der Waals surface area contributed by atoms with Gasteiger partial charge >= 0.3 is 6.18 Å². The topological polar surface area (TPSA) is 61.9 Å². The summed E-state index contributed by atoms with van der Waals surface area (Å²) < 4.78 is 45.1. The Kier molecular flexibility index (Phi) is 5.18. The van der Waals surface area contributed by atoms with Crippen molar-refractivity contribution in [3.8, 4) is 0 Å². The lowest BCUT2D eigenvalue weighted by molar-refractivity contribution is -0.137. The van der Waals surface area contributed by atoms with Crippen molar-refractivity contribution in [3.63, 3.8) is 0 Å². The molecule has 0 bridgehead atoms. The van der Waals surface area contributed by atoms with Crippen LogP contribution in [0.1, 0.15) is 25.3 Å². The zero-order valence-corrected chi connectivity index (χ0v) is 16.7. The molecular weight excluding hydrogens is 407 g/mol. The van der Waals surface area contributed by atoms with Gasteiger partial charge in [-0.1, -0.05) is 0 Å². The summed E-state index contributed by atoms with van der Waals surface area (Å²) in [5.74, 6) is -0.111. The first-order valence-electron chi connectivity index (χ1n) is 9.50. The van der Waals surface area contributed by atoms with Gasteiger partial charge in [0.15, 0.2) is 0 Å². The summed E-state index contributed by atoms with van der Waals surface area (Å²) in [6.45, 7) is 3.91. The number of halogens is 3. The van der Waals surface area contributed by atoms with Crippen molar-refractivity contribution in [1.82, 2.24) is 4.90 Å². The van der Waals surface area contributed by atoms with Crippen molar-refractivity contribution in [2.45, 2.75) is 36.9 Å². The van der Waals surface area contributed by atoms with Crippen molar-refractivity contribution < 1.29 is 27.5 Å². The molecule has 0 saturated carbocycles. The van der Waals surface area contributed by atoms with E-state index in [1.54, 1.807) is 16.7 Å². The Bertz CT molecular complexity index is 829. The Balaban J connectivity index is 1.62. The van der Waals surface area contributed by atoms with Crippen molar-refractivity contribution in [2.24, 2.45) is 0 Å². The molecule has 2 atom stereocenters. The van der Waals surface area contributed by atoms with E-state index in [2.05, 4.69) is 5.32 Å². The van der Waals surface area contributed by atoms with E-state index >= 15 is 0 Å². The summed E-state index contributed by atoms with van der Waals surface area (Å²) in [7, 11) is 0. The lowest BCUT2D eigenvalue weighted by atomic mass is 10.1. The predicted octanol–water partition coefficient (Wildman–Crippen LogP) is 2.93. The van der Waals surface area contributed by atoms with E-state index in [-0.39, 0.29) is 11.6 Å². The van der Waals surface area contributed by atoms with Crippen molar-refractivity contribution in [3.05, 3.63) is 23.8 Å². The molecule has 1 aromatic carbocycles. The number of carbonyl (C=O) groups is 2. The smallest absolute Gasteiger partial charge is 0.378 e. The SMILES string of the molecule is C[C@@]12CCC(=O)N1[C@H](C(=O)Nc1cc(C(F)(F)F)ccc1N1CCOCC1)CS2. The van der Waals surface area contributed by atoms with Crippen LogP contribution in [0.25, 0.3) is 0 Å². The molecule has 3 fully saturated rings. The average Bonchev–Trinajstić information content (AvgIpc) is 3.17. The summed E-state index contributed by atoms with van der Waals surface area (Å²) >= 11 is 1.54. The second-order valence-electron chi connectivity index (χ2n) is 7.58. The number of morpholine rings is 1. The van der Waals surface area contributed by atoms with E-state index in [0.29, 0.717) is 50.6 Å². The highest BCUT2D eigenvalue weighted by Gasteiger charge is 2.53. The lowest BCUT2D eigenvalue weighted by Crippen LogP contribution is -2.48. The summed E-state index contributed by atoms with van der Waals surface area (Å²) in [6.07, 6.45) is -3.46. The van der Waals surface area contributed by atoms with Gasteiger partial charge in [0, 0.05) is 25.3 Å². The van der Waals surface area contributed by atoms with Gasteiger partial charge in [0.25, 0.3) is 0 Å². The molecule has 3 aliphatic rings. The normalized spacial score (nSPS) is 27.3. The molecule has 6 nitrogen and oxygen atoms in total. The quantitative estimate of drug-likeness (QED) is 0.801. The number of alkyl halides is 3. The largest absolute Gasteiger partial charge is 0.416 e. The Morgan fingerprint density at radius 1 is 1.31 bits per heavy atom. The molecular formula is C19H22F3N3O3S. The summed E-state index contributed by atoms with van der Waals surface area (Å²) in [5, 5.41) is 2.68. The molecule has 0 spiro atoms. The van der Waals surface area contributed by atoms with E-state index in [9.17, 15) is 22.8 Å². The second-order valence-corrected chi connectivity index (χ2v) is 9.09. The van der Waals surface area contributed by atoms with Gasteiger partial charge in [-0.15, -0.1) is 11.8 Å². The van der Waals surface area contributed by atoms with Crippen LogP contribution in [0.15, 0.2) is 18.2 Å². The summed E-state index contributed by atoms with van der Waals surface area (Å²) in [5.41, 5.74) is -0.194. The van der Waals surface area contributed by atoms with Crippen LogP contribution in [0, 0.1) is 0 Å². The number of hydrogen-bond acceptors (Lipinski definition) is 5. The first-order valence-corrected chi connectivity index (χ1v) is 10.5. The van der Waals surface area contributed by atoms with Crippen molar-refractivity contribution in [1.29, 1.82) is 0 Å². The van der Waals surface area contributed by atoms with Crippen LogP contribution in [0.2, 0.25) is 0 Å². The molecule has 158 valence electrons. The highest BCUT2D eigenvalue weighted by atomic mass is 32.2. The number of ether oxygens (including phenoxy) is 1. The first kappa shape index (κ1) is 20.3. The maximum absolute atomic E-state index is 13.3. The highest BCUT2D eigenvalue weighted by molar-refractivity contribution is 8.01. The van der Waals surface area contributed by atoms with E-state index in [1.807, 2.05) is 11.8 Å². The minimum Gasteiger partial charge on any atom is -0.378 e. The molecule has 0 unspecified atom stereocenters. The number of carbonyl (C=O) groups excluding carboxylic acids is 2. The van der Waals surface area contributed by atoms with Gasteiger partial charge < -0.3 is 19.9 Å². The number of amides is 2. The van der Waals surface area contributed by atoms with Gasteiger partial charge in [0.05, 0.1) is 35.0 Å². The van der Waals surface area contributed by atoms with Crippen LogP contribution >= 0.6 is 11.8 Å². The molecule has 29 heavy (non-hydrogen) atoms. The number of hydrogen-bond donors (Lipinski definition) is 1. The number of fused-ring (bicyclic) bond motifs is 1. The minimum atomic E-state index is -4.52. The van der Waals surface area contributed by atoms with Gasteiger partial charge in [-0.25, -0.2) is 0 Å². The van der Waals surface area contributed by atoms with Gasteiger partial charge in [0.1, 0.15) is 6.04 Å². The summed E-state index contributed by atoms with van der Waals surface area (Å²) in [6, 6.07) is 2.69. The Morgan fingerprint density at radius 3 is 2.72 bits per heavy atom. The van der Waals surface area contributed by atoms with E-state index in [4.69, 9.17) is 4.74 Å². The number of thioether (sulfide) groups is 1. The molecule has 1 N–H and O–H groups in total. The lowest BCUT2D eigenvalue weighted by Gasteiger charge is -2.32. The Morgan fingerprint density at radius 2 is 2.03 bits per heavy atom. The number of rotatable bonds is 3. The average molecular weight is 429 g/mol. The first-order chi connectivity index (χ1) is 13.7. The third-order valence-electron chi connectivity index (χ3n) is 5.68. The van der Waals surface area contributed by atoms with Gasteiger partial charge in [0.2, 0.25) is 11.8 Å². The molecule has 0 aromatic heterocycles. The standard InChI is InChI=1S/C19H22F3N3O3S/c1-18-5-4-16(26)25(18)15(11-29-18)17(27)23-13-10-12(19(20,21)22)2-3-14(13)24-6-8-28-9-7-24/h2-3,10,15H,4-9,11H2,1H3,(H,23,27)/t15-,18+/m0/s1. The molecule has 3 aliphatic heterocycles. The zero-order valence-electron chi connectivity index (χ0n) is 15.9. The molecule has 0 radical (unpaired) electrons. The monoisotopic (exact) mass is 429 g/mol. The predicted molar refractivity (Wildman–Crippen MR) is 104 cm³/mol. The molecule has 3 heterocycles. The van der Waals surface area contributed by atoms with Crippen LogP contribution in [0.3, 0.4) is 0 Å². The van der Waals surface area contributed by atoms with Gasteiger partial charge in [-0.3, -0.25) is 9.59 Å². The Hall–Kier alpha value is -1.94. The minimum absolute atomic E-state index is 0.0879. The third kappa shape index (κ3) is 3.79. The second kappa shape index (κ2) is 7.39. The number of nitrogens with one attached hydrogen (secondary N) is 1. The fourth-order valence-corrected chi connectivity index (χ4v) is 5.56. The fourth-order valence-electron chi connectivity index (χ4n) is 4.12. The fraction of sp³-hybridized carbons (Fsp3) is 0.579. The van der Waals surface area contributed by atoms with E-state index in [0.717, 1.165) is 12.1 Å². The van der Waals surface area contributed by atoms with Gasteiger partial charge in [-0.05, 0) is 31.5 Å². The molecule has 1 aromatic rings. The van der Waals surface area contributed by atoms with Crippen LogP contribution < -0.4 is 10.2 Å². The third-order valence-corrected chi connectivity index (χ3v) is 7.19. The van der Waals surface area contributed by atoms with E-state index in [1.165, 1.54) is 6.07 Å². The maximum Gasteiger partial charge on any atom is 0.416 e. The van der Waals surface area contributed by atoms with Crippen LogP contribution in [-0.4, -0.2) is 59.7 Å². The number of anilines is 2. The Labute approximate surface area is 170 Å². The molecule has 2 amide bonds. The van der Waals surface area contributed by atoms with Gasteiger partial charge in [-0.2, -0.15) is 13.2 Å². The zero-order chi connectivity index (χ0) is 20.8. The maximum atomic E-state index is 13.3. The number of benzene rings is 1. The van der Waals surface area contributed by atoms with Crippen LogP contribution in [-0.2, 0) is 20.5 Å². The van der Waals surface area contributed by atoms with Crippen LogP contribution in [0.5, 0.6) is 0 Å². The van der Waals surface area contributed by atoms with E-state index < -0.39 is 28.6 Å². The van der Waals surface area contributed by atoms with Crippen molar-refractivity contribution in [2.75, 3.05) is 42.3 Å². The van der Waals surface area contributed by atoms with Crippen LogP contribution in [0.4, 0.5) is 24.5 Å².